The summed E-state index contributed by atoms with van der Waals surface area (Å²) in [6, 6.07) is 154. The first-order valence-electron chi connectivity index (χ1n) is 46.6. The second kappa shape index (κ2) is 31.6. The molecule has 6 heteroatoms. The van der Waals surface area contributed by atoms with E-state index in [0.717, 1.165) is 105 Å². The molecule has 2 aliphatic heterocycles. The Morgan fingerprint density at radius 3 is 1.09 bits per heavy atom. The summed E-state index contributed by atoms with van der Waals surface area (Å²) in [5.74, 6) is 0. The lowest BCUT2D eigenvalue weighted by atomic mass is 9.33. The van der Waals surface area contributed by atoms with Gasteiger partial charge in [-0.1, -0.05) is 438 Å². The van der Waals surface area contributed by atoms with Crippen molar-refractivity contribution in [2.75, 3.05) is 9.80 Å². The van der Waals surface area contributed by atoms with Gasteiger partial charge in [0.25, 0.3) is 6.71 Å². The molecule has 0 unspecified atom stereocenters. The monoisotopic (exact) mass is 1650 g/mol. The van der Waals surface area contributed by atoms with Crippen molar-refractivity contribution in [3.05, 3.63) is 459 Å². The standard InChI is InChI=1S/C120H100BN3Si2/c1-118(2,3)91-63-71-110(104(77-91)87-44-24-13-25-45-87)124-113-76-90(85-60-66-99(67-61-85)125(95-48-26-14-27-49-95,96-50-28-15-29-51-96)100-56-36-46-88(74-100)83-38-18-10-19-39-83)62-69-107(113)121-108-70-68-102(126(97-52-30-16-31-53-97,98-54-32-17-33-55-98)101-57-37-47-89(75-101)84-40-20-11-21-41-84)82-114(108)123(109-59-35-34-58-103(109)86-42-22-12-23-43-86)115-80-94(81-116(124)117(115)121)122-111-72-64-92(119(4,5)6)78-105(111)106-79-93(120(7,8)9)65-73-112(106)122/h10-82H,1-9H3/i10D,18D,19D,38D,39D. The van der Waals surface area contributed by atoms with Gasteiger partial charge in [0.05, 0.1) is 34.9 Å². The van der Waals surface area contributed by atoms with Gasteiger partial charge in [-0.05, 0) is 202 Å². The van der Waals surface area contributed by atoms with E-state index in [1.807, 2.05) is 12.1 Å². The second-order valence-electron chi connectivity index (χ2n) is 37.1. The lowest BCUT2D eigenvalue weighted by Gasteiger charge is -2.46. The Balaban J connectivity index is 0.883. The quantitative estimate of drug-likeness (QED) is 0.0706. The van der Waals surface area contributed by atoms with Crippen LogP contribution < -0.4 is 67.7 Å². The van der Waals surface area contributed by atoms with Gasteiger partial charge in [-0.15, -0.1) is 0 Å². The normalized spacial score (nSPS) is 13.3. The molecule has 21 rings (SSSR count). The highest BCUT2D eigenvalue weighted by molar-refractivity contribution is 7.20. The first-order valence-corrected chi connectivity index (χ1v) is 48.1. The van der Waals surface area contributed by atoms with Crippen LogP contribution in [0.15, 0.2) is 443 Å². The molecule has 0 spiro atoms. The molecule has 0 atom stereocenters. The van der Waals surface area contributed by atoms with Crippen LogP contribution in [-0.4, -0.2) is 27.4 Å². The van der Waals surface area contributed by atoms with E-state index in [9.17, 15) is 2.74 Å². The van der Waals surface area contributed by atoms with Crippen molar-refractivity contribution in [1.29, 1.82) is 0 Å². The van der Waals surface area contributed by atoms with Crippen molar-refractivity contribution in [1.82, 2.24) is 4.57 Å². The van der Waals surface area contributed by atoms with Crippen molar-refractivity contribution in [3.8, 4) is 61.3 Å². The zero-order valence-electron chi connectivity index (χ0n) is 77.7. The maximum absolute atomic E-state index is 9.28. The second-order valence-corrected chi connectivity index (χ2v) is 44.8. The SMILES string of the molecule is [2H]c1c([2H])c([2H])c(-c2cccc([Si](c3ccccc3)(c3ccccc3)c3ccc(-c4ccc5c(c4)N(c4ccc(C(C)(C)C)cc4-c4ccccc4)c4cc(-n6c7ccc(C(C)(C)C)cc7c7cc(C(C)(C)C)ccc76)cc6c4B5c4ccc([Si](c5ccccc5)(c5ccccc5)c5cccc(-c7ccccc7)c5)cc4N6c4ccccc4-c4ccccc4)cc3)c2)c([2H])c1[2H]. The molecule has 0 fully saturated rings. The molecule has 18 aromatic carbocycles. The number of hydrogen-bond acceptors (Lipinski definition) is 2. The summed E-state index contributed by atoms with van der Waals surface area (Å²) in [6.45, 7) is 20.6. The molecule has 0 bridgehead atoms. The lowest BCUT2D eigenvalue weighted by molar-refractivity contribution is 0.590. The van der Waals surface area contributed by atoms with Crippen molar-refractivity contribution in [2.45, 2.75) is 78.6 Å². The van der Waals surface area contributed by atoms with Gasteiger partial charge in [-0.2, -0.15) is 0 Å². The highest BCUT2D eigenvalue weighted by Crippen LogP contribution is 2.52. The van der Waals surface area contributed by atoms with Crippen LogP contribution in [0.5, 0.6) is 0 Å². The maximum atomic E-state index is 9.28. The third-order valence-corrected chi connectivity index (χ3v) is 36.2. The molecule has 1 aromatic heterocycles. The predicted molar refractivity (Wildman–Crippen MR) is 545 cm³/mol. The van der Waals surface area contributed by atoms with E-state index in [0.29, 0.717) is 5.56 Å². The van der Waals surface area contributed by atoms with Crippen LogP contribution in [0, 0.1) is 0 Å². The number of fused-ring (bicyclic) bond motifs is 7. The van der Waals surface area contributed by atoms with Gasteiger partial charge in [0.1, 0.15) is 0 Å². The average Bonchev–Trinajstić information content (AvgIpc) is 1.38. The van der Waals surface area contributed by atoms with Crippen LogP contribution in [0.25, 0.3) is 83.1 Å². The number of anilines is 6. The molecule has 0 saturated carbocycles. The molecule has 0 N–H and O–H groups in total. The summed E-state index contributed by atoms with van der Waals surface area (Å²) in [4.78, 5) is 5.33. The zero-order valence-corrected chi connectivity index (χ0v) is 74.7. The number of nitrogens with zero attached hydrogens (tertiary/aromatic N) is 3. The molecule has 0 amide bonds. The van der Waals surface area contributed by atoms with Gasteiger partial charge in [-0.25, -0.2) is 0 Å². The Morgan fingerprint density at radius 1 is 0.238 bits per heavy atom. The molecule has 0 aliphatic carbocycles. The molecule has 606 valence electrons. The van der Waals surface area contributed by atoms with Crippen molar-refractivity contribution in [3.63, 3.8) is 0 Å². The van der Waals surface area contributed by atoms with Crippen LogP contribution >= 0.6 is 0 Å². The number of aromatic nitrogens is 1. The molecular formula is C120H100BN3Si2. The van der Waals surface area contributed by atoms with E-state index in [2.05, 4.69) is 477 Å². The summed E-state index contributed by atoms with van der Waals surface area (Å²) >= 11 is 0. The van der Waals surface area contributed by atoms with Gasteiger partial charge in [0, 0.05) is 44.6 Å². The van der Waals surface area contributed by atoms with E-state index in [-0.39, 0.29) is 52.7 Å². The average molecular weight is 1660 g/mol. The highest BCUT2D eigenvalue weighted by Gasteiger charge is 2.49. The van der Waals surface area contributed by atoms with Crippen molar-refractivity contribution < 1.29 is 6.85 Å². The zero-order chi connectivity index (χ0) is 90.0. The largest absolute Gasteiger partial charge is 0.311 e. The summed E-state index contributed by atoms with van der Waals surface area (Å²) in [6.07, 6.45) is 0. The molecule has 3 nitrogen and oxygen atoms in total. The third kappa shape index (κ3) is 13.6. The Hall–Kier alpha value is -14.1. The first-order chi connectivity index (χ1) is 63.5. The summed E-state index contributed by atoms with van der Waals surface area (Å²) in [5.41, 5.74) is 26.1. The van der Waals surface area contributed by atoms with Crippen LogP contribution in [0.3, 0.4) is 0 Å². The molecule has 126 heavy (non-hydrogen) atoms. The fraction of sp³-hybridized carbons (Fsp3) is 0.100. The smallest absolute Gasteiger partial charge is 0.252 e. The first kappa shape index (κ1) is 73.4. The highest BCUT2D eigenvalue weighted by atomic mass is 28.3. The number of rotatable bonds is 16. The summed E-state index contributed by atoms with van der Waals surface area (Å²) in [5, 5.41) is 11.9. The molecular weight excluding hydrogens is 1550 g/mol. The Bertz CT molecular complexity index is 7460. The lowest BCUT2D eigenvalue weighted by Crippen LogP contribution is -2.75. The Kier molecular flexibility index (Phi) is 18.4. The van der Waals surface area contributed by atoms with Gasteiger partial charge in [0.15, 0.2) is 16.1 Å². The van der Waals surface area contributed by atoms with Crippen LogP contribution in [0.1, 0.15) is 85.9 Å². The molecule has 0 radical (unpaired) electrons. The number of benzene rings is 18. The van der Waals surface area contributed by atoms with Crippen LogP contribution in [0.4, 0.5) is 34.1 Å². The molecule has 0 saturated heterocycles. The van der Waals surface area contributed by atoms with Crippen molar-refractivity contribution >= 4 is 137 Å². The Morgan fingerprint density at radius 2 is 0.587 bits per heavy atom. The minimum absolute atomic E-state index is 0.139. The Labute approximate surface area is 752 Å². The van der Waals surface area contributed by atoms with Gasteiger partial charge < -0.3 is 14.4 Å². The van der Waals surface area contributed by atoms with Crippen LogP contribution in [-0.2, 0) is 16.2 Å². The number of para-hydroxylation sites is 1. The van der Waals surface area contributed by atoms with Crippen LogP contribution in [0.2, 0.25) is 0 Å². The predicted octanol–water partition coefficient (Wildman–Crippen LogP) is 23.8. The summed E-state index contributed by atoms with van der Waals surface area (Å²) in [7, 11) is -6.78. The van der Waals surface area contributed by atoms with E-state index in [4.69, 9.17) is 4.11 Å². The van der Waals surface area contributed by atoms with E-state index >= 15 is 0 Å². The topological polar surface area (TPSA) is 11.4 Å². The fourth-order valence-electron chi connectivity index (χ4n) is 20.4. The van der Waals surface area contributed by atoms with Crippen molar-refractivity contribution in [2.24, 2.45) is 0 Å². The van der Waals surface area contributed by atoms with E-state index < -0.39 is 22.2 Å². The minimum atomic E-state index is -3.40. The fourth-order valence-corrected chi connectivity index (χ4v) is 29.9. The molecule has 2 aliphatic rings. The summed E-state index contributed by atoms with van der Waals surface area (Å²) < 4.78 is 47.4. The van der Waals surface area contributed by atoms with E-state index in [1.165, 1.54) is 75.7 Å². The third-order valence-electron chi connectivity index (χ3n) is 26.6. The maximum Gasteiger partial charge on any atom is 0.252 e. The van der Waals surface area contributed by atoms with E-state index in [1.54, 1.807) is 0 Å². The molecule has 3 heterocycles. The van der Waals surface area contributed by atoms with Gasteiger partial charge >= 0.3 is 0 Å². The minimum Gasteiger partial charge on any atom is -0.311 e. The number of hydrogen-bond donors (Lipinski definition) is 0. The van der Waals surface area contributed by atoms with Gasteiger partial charge in [-0.3, -0.25) is 0 Å². The van der Waals surface area contributed by atoms with Gasteiger partial charge in [0.2, 0.25) is 0 Å². The molecule has 19 aromatic rings.